The maximum Gasteiger partial charge on any atom is 0.222 e. The Hall–Kier alpha value is -1.38. The van der Waals surface area contributed by atoms with E-state index in [9.17, 15) is 4.79 Å². The summed E-state index contributed by atoms with van der Waals surface area (Å²) in [6, 6.07) is 4.09. The van der Waals surface area contributed by atoms with Crippen molar-refractivity contribution in [2.75, 3.05) is 13.1 Å². The highest BCUT2D eigenvalue weighted by molar-refractivity contribution is 5.76. The van der Waals surface area contributed by atoms with E-state index in [2.05, 4.69) is 4.98 Å². The Morgan fingerprint density at radius 1 is 1.53 bits per heavy atom. The highest BCUT2D eigenvalue weighted by Crippen LogP contribution is 2.26. The second-order valence-corrected chi connectivity index (χ2v) is 3.96. The van der Waals surface area contributed by atoms with Gasteiger partial charge in [-0.1, -0.05) is 6.92 Å². The van der Waals surface area contributed by atoms with Crippen molar-refractivity contribution in [3.05, 3.63) is 30.1 Å². The average molecular weight is 204 g/mol. The average Bonchev–Trinajstić information content (AvgIpc) is 2.78. The van der Waals surface area contributed by atoms with Gasteiger partial charge in [0.15, 0.2) is 0 Å². The van der Waals surface area contributed by atoms with Crippen molar-refractivity contribution >= 4 is 5.91 Å². The first-order valence-corrected chi connectivity index (χ1v) is 5.49. The number of hydrogen-bond acceptors (Lipinski definition) is 2. The van der Waals surface area contributed by atoms with Gasteiger partial charge in [-0.05, 0) is 24.1 Å². The summed E-state index contributed by atoms with van der Waals surface area (Å²) < 4.78 is 0. The van der Waals surface area contributed by atoms with Gasteiger partial charge in [0.25, 0.3) is 0 Å². The molecule has 3 nitrogen and oxygen atoms in total. The molecule has 15 heavy (non-hydrogen) atoms. The molecule has 0 aliphatic carbocycles. The summed E-state index contributed by atoms with van der Waals surface area (Å²) in [6.07, 6.45) is 5.33. The topological polar surface area (TPSA) is 33.2 Å². The summed E-state index contributed by atoms with van der Waals surface area (Å²) in [5.41, 5.74) is 1.30. The molecule has 0 N–H and O–H groups in total. The van der Waals surface area contributed by atoms with Crippen LogP contribution in [0.3, 0.4) is 0 Å². The van der Waals surface area contributed by atoms with Crippen LogP contribution in [-0.2, 0) is 4.79 Å². The molecule has 1 aliphatic heterocycles. The summed E-state index contributed by atoms with van der Waals surface area (Å²) in [4.78, 5) is 17.5. The van der Waals surface area contributed by atoms with E-state index in [1.54, 1.807) is 0 Å². The third-order valence-electron chi connectivity index (χ3n) is 3.02. The molecule has 2 rings (SSSR count). The van der Waals surface area contributed by atoms with Gasteiger partial charge in [0.05, 0.1) is 0 Å². The van der Waals surface area contributed by atoms with E-state index in [-0.39, 0.29) is 5.91 Å². The van der Waals surface area contributed by atoms with E-state index in [0.29, 0.717) is 12.3 Å². The lowest BCUT2D eigenvalue weighted by molar-refractivity contribution is -0.129. The summed E-state index contributed by atoms with van der Waals surface area (Å²) in [6.45, 7) is 3.69. The molecular formula is C12H16N2O. The molecule has 0 saturated carbocycles. The van der Waals surface area contributed by atoms with Gasteiger partial charge in [-0.25, -0.2) is 0 Å². The first-order chi connectivity index (χ1) is 7.31. The van der Waals surface area contributed by atoms with Gasteiger partial charge in [-0.15, -0.1) is 0 Å². The predicted molar refractivity (Wildman–Crippen MR) is 58.5 cm³/mol. The maximum absolute atomic E-state index is 11.5. The van der Waals surface area contributed by atoms with E-state index >= 15 is 0 Å². The van der Waals surface area contributed by atoms with Crippen LogP contribution in [0.2, 0.25) is 0 Å². The van der Waals surface area contributed by atoms with Crippen molar-refractivity contribution in [3.63, 3.8) is 0 Å². The molecule has 80 valence electrons. The third-order valence-corrected chi connectivity index (χ3v) is 3.02. The molecule has 2 heterocycles. The van der Waals surface area contributed by atoms with E-state index in [1.807, 2.05) is 36.4 Å². The molecule has 0 spiro atoms. The Labute approximate surface area is 90.1 Å². The fourth-order valence-corrected chi connectivity index (χ4v) is 2.12. The van der Waals surface area contributed by atoms with Gasteiger partial charge in [0.2, 0.25) is 5.91 Å². The molecule has 3 heteroatoms. The number of hydrogen-bond donors (Lipinski definition) is 0. The predicted octanol–water partition coefficient (Wildman–Crippen LogP) is 1.81. The molecular weight excluding hydrogens is 188 g/mol. The fourth-order valence-electron chi connectivity index (χ4n) is 2.12. The summed E-state index contributed by atoms with van der Waals surface area (Å²) >= 11 is 0. The van der Waals surface area contributed by atoms with Gasteiger partial charge in [-0.2, -0.15) is 0 Å². The van der Waals surface area contributed by atoms with Crippen LogP contribution in [-0.4, -0.2) is 28.9 Å². The van der Waals surface area contributed by atoms with Crippen molar-refractivity contribution in [3.8, 4) is 0 Å². The van der Waals surface area contributed by atoms with Crippen molar-refractivity contribution in [1.29, 1.82) is 0 Å². The van der Waals surface area contributed by atoms with Gasteiger partial charge in [0, 0.05) is 37.8 Å². The summed E-state index contributed by atoms with van der Waals surface area (Å²) in [7, 11) is 0. The molecule has 1 aliphatic rings. The van der Waals surface area contributed by atoms with Crippen LogP contribution < -0.4 is 0 Å². The lowest BCUT2D eigenvalue weighted by Crippen LogP contribution is -2.27. The Kier molecular flexibility index (Phi) is 2.99. The van der Waals surface area contributed by atoms with Gasteiger partial charge < -0.3 is 4.90 Å². The van der Waals surface area contributed by atoms with Crippen LogP contribution in [0.1, 0.15) is 31.2 Å². The van der Waals surface area contributed by atoms with Crippen molar-refractivity contribution < 1.29 is 4.79 Å². The van der Waals surface area contributed by atoms with Crippen LogP contribution in [0.15, 0.2) is 24.5 Å². The second kappa shape index (κ2) is 4.43. The standard InChI is InChI=1S/C12H16N2O/c1-2-12(15)14-8-5-11(9-14)10-3-6-13-7-4-10/h3-4,6-7,11H,2,5,8-9H2,1H3. The van der Waals surface area contributed by atoms with E-state index in [1.165, 1.54) is 5.56 Å². The molecule has 0 bridgehead atoms. The number of nitrogens with zero attached hydrogens (tertiary/aromatic N) is 2. The van der Waals surface area contributed by atoms with E-state index in [0.717, 1.165) is 19.5 Å². The van der Waals surface area contributed by atoms with Crippen LogP contribution >= 0.6 is 0 Å². The van der Waals surface area contributed by atoms with Crippen molar-refractivity contribution in [1.82, 2.24) is 9.88 Å². The zero-order valence-corrected chi connectivity index (χ0v) is 9.02. The number of pyridine rings is 1. The van der Waals surface area contributed by atoms with Crippen LogP contribution in [0.25, 0.3) is 0 Å². The molecule has 1 atom stereocenters. The number of aromatic nitrogens is 1. The third kappa shape index (κ3) is 2.17. The number of rotatable bonds is 2. The van der Waals surface area contributed by atoms with Gasteiger partial charge in [-0.3, -0.25) is 9.78 Å². The Balaban J connectivity index is 2.02. The monoisotopic (exact) mass is 204 g/mol. The molecule has 1 aromatic heterocycles. The quantitative estimate of drug-likeness (QED) is 0.736. The van der Waals surface area contributed by atoms with Crippen molar-refractivity contribution in [2.24, 2.45) is 0 Å². The first-order valence-electron chi connectivity index (χ1n) is 5.49. The highest BCUT2D eigenvalue weighted by Gasteiger charge is 2.25. The largest absolute Gasteiger partial charge is 0.342 e. The fraction of sp³-hybridized carbons (Fsp3) is 0.500. The highest BCUT2D eigenvalue weighted by atomic mass is 16.2. The second-order valence-electron chi connectivity index (χ2n) is 3.96. The minimum absolute atomic E-state index is 0.270. The maximum atomic E-state index is 11.5. The number of likely N-dealkylation sites (tertiary alicyclic amines) is 1. The first kappa shape index (κ1) is 10.1. The molecule has 0 aromatic carbocycles. The SMILES string of the molecule is CCC(=O)N1CCC(c2ccncc2)C1. The Bertz CT molecular complexity index is 337. The number of amides is 1. The number of carbonyl (C=O) groups excluding carboxylic acids is 1. The minimum atomic E-state index is 0.270. The lowest BCUT2D eigenvalue weighted by atomic mass is 10.00. The van der Waals surface area contributed by atoms with Crippen molar-refractivity contribution in [2.45, 2.75) is 25.7 Å². The van der Waals surface area contributed by atoms with Gasteiger partial charge >= 0.3 is 0 Å². The van der Waals surface area contributed by atoms with E-state index in [4.69, 9.17) is 0 Å². The van der Waals surface area contributed by atoms with E-state index < -0.39 is 0 Å². The molecule has 1 fully saturated rings. The summed E-state index contributed by atoms with van der Waals surface area (Å²) in [5.74, 6) is 0.773. The normalized spacial score (nSPS) is 20.6. The Morgan fingerprint density at radius 2 is 2.27 bits per heavy atom. The van der Waals surface area contributed by atoms with Crippen LogP contribution in [0.5, 0.6) is 0 Å². The van der Waals surface area contributed by atoms with Crippen LogP contribution in [0.4, 0.5) is 0 Å². The molecule has 0 radical (unpaired) electrons. The van der Waals surface area contributed by atoms with Gasteiger partial charge in [0.1, 0.15) is 0 Å². The number of carbonyl (C=O) groups is 1. The zero-order valence-electron chi connectivity index (χ0n) is 9.02. The van der Waals surface area contributed by atoms with Crippen LogP contribution in [0, 0.1) is 0 Å². The molecule has 1 unspecified atom stereocenters. The lowest BCUT2D eigenvalue weighted by Gasteiger charge is -2.15. The molecule has 1 saturated heterocycles. The smallest absolute Gasteiger partial charge is 0.222 e. The summed E-state index contributed by atoms with van der Waals surface area (Å²) in [5, 5.41) is 0. The zero-order chi connectivity index (χ0) is 10.7. The minimum Gasteiger partial charge on any atom is -0.342 e. The Morgan fingerprint density at radius 3 is 2.93 bits per heavy atom. The molecule has 1 amide bonds. The molecule has 1 aromatic rings.